The maximum Gasteiger partial charge on any atom is 0.0702 e. The number of ether oxygens (including phenoxy) is 1. The molecule has 1 atom stereocenters. The highest BCUT2D eigenvalue weighted by Gasteiger charge is 2.10. The normalized spacial score (nSPS) is 12.8. The smallest absolute Gasteiger partial charge is 0.0702 e. The van der Waals surface area contributed by atoms with Gasteiger partial charge in [-0.15, -0.1) is 0 Å². The summed E-state index contributed by atoms with van der Waals surface area (Å²) in [6, 6.07) is 10.5. The number of nitrogens with one attached hydrogen (secondary N) is 1. The van der Waals surface area contributed by atoms with Gasteiger partial charge in [-0.1, -0.05) is 25.1 Å². The van der Waals surface area contributed by atoms with Crippen LogP contribution in [0.5, 0.6) is 0 Å². The summed E-state index contributed by atoms with van der Waals surface area (Å²) in [5, 5.41) is 4.57. The molecule has 1 heterocycles. The molecule has 0 bridgehead atoms. The molecule has 0 fully saturated rings. The zero-order valence-corrected chi connectivity index (χ0v) is 10.3. The van der Waals surface area contributed by atoms with Crippen LogP contribution in [0.15, 0.2) is 36.5 Å². The van der Waals surface area contributed by atoms with E-state index in [4.69, 9.17) is 4.74 Å². The predicted molar refractivity (Wildman–Crippen MR) is 70.0 cm³/mol. The first-order chi connectivity index (χ1) is 8.35. The van der Waals surface area contributed by atoms with Crippen molar-refractivity contribution in [1.29, 1.82) is 0 Å². The molecule has 0 saturated carbocycles. The van der Waals surface area contributed by atoms with E-state index < -0.39 is 0 Å². The van der Waals surface area contributed by atoms with Gasteiger partial charge in [0.2, 0.25) is 0 Å². The second kappa shape index (κ2) is 5.75. The Hall–Kier alpha value is -1.45. The van der Waals surface area contributed by atoms with E-state index in [1.807, 2.05) is 24.4 Å². The minimum Gasteiger partial charge on any atom is -0.383 e. The minimum absolute atomic E-state index is 0.210. The molecule has 3 heteroatoms. The zero-order valence-electron chi connectivity index (χ0n) is 10.3. The number of benzene rings is 1. The third kappa shape index (κ3) is 2.81. The van der Waals surface area contributed by atoms with Crippen LogP contribution in [-0.4, -0.2) is 25.2 Å². The van der Waals surface area contributed by atoms with E-state index >= 15 is 0 Å². The molecule has 1 N–H and O–H groups in total. The highest BCUT2D eigenvalue weighted by molar-refractivity contribution is 5.78. The average molecular weight is 230 g/mol. The molecule has 0 radical (unpaired) electrons. The molecule has 3 nitrogen and oxygen atoms in total. The molecule has 0 spiro atoms. The van der Waals surface area contributed by atoms with Crippen molar-refractivity contribution in [2.45, 2.75) is 13.0 Å². The summed E-state index contributed by atoms with van der Waals surface area (Å²) in [5.41, 5.74) is 2.20. The van der Waals surface area contributed by atoms with Gasteiger partial charge in [0.1, 0.15) is 0 Å². The molecule has 1 aromatic carbocycles. The van der Waals surface area contributed by atoms with Crippen molar-refractivity contribution in [3.63, 3.8) is 0 Å². The number of fused-ring (bicyclic) bond motifs is 1. The molecule has 1 aromatic heterocycles. The Bertz CT molecular complexity index is 478. The lowest BCUT2D eigenvalue weighted by atomic mass is 10.1. The van der Waals surface area contributed by atoms with Crippen LogP contribution in [0.1, 0.15) is 18.5 Å². The Morgan fingerprint density at radius 1 is 1.35 bits per heavy atom. The lowest BCUT2D eigenvalue weighted by Crippen LogP contribution is -2.24. The number of hydrogen-bond donors (Lipinski definition) is 1. The first-order valence-corrected chi connectivity index (χ1v) is 5.92. The van der Waals surface area contributed by atoms with Crippen molar-refractivity contribution in [1.82, 2.24) is 10.3 Å². The van der Waals surface area contributed by atoms with Crippen molar-refractivity contribution in [2.75, 3.05) is 20.3 Å². The van der Waals surface area contributed by atoms with E-state index in [1.165, 1.54) is 10.9 Å². The first kappa shape index (κ1) is 12.0. The quantitative estimate of drug-likeness (QED) is 0.857. The van der Waals surface area contributed by atoms with E-state index in [2.05, 4.69) is 29.4 Å². The highest BCUT2D eigenvalue weighted by Crippen LogP contribution is 2.18. The third-order valence-electron chi connectivity index (χ3n) is 2.80. The summed E-state index contributed by atoms with van der Waals surface area (Å²) in [7, 11) is 1.72. The van der Waals surface area contributed by atoms with Gasteiger partial charge < -0.3 is 10.1 Å². The fourth-order valence-electron chi connectivity index (χ4n) is 1.96. The van der Waals surface area contributed by atoms with Crippen LogP contribution in [0.25, 0.3) is 10.9 Å². The van der Waals surface area contributed by atoms with Gasteiger partial charge in [-0.2, -0.15) is 0 Å². The van der Waals surface area contributed by atoms with E-state index in [0.717, 1.165) is 12.1 Å². The van der Waals surface area contributed by atoms with Gasteiger partial charge in [0.25, 0.3) is 0 Å². The van der Waals surface area contributed by atoms with E-state index in [0.29, 0.717) is 6.61 Å². The van der Waals surface area contributed by atoms with Gasteiger partial charge in [-0.3, -0.25) is 4.98 Å². The number of para-hydroxylation sites is 1. The highest BCUT2D eigenvalue weighted by atomic mass is 16.5. The first-order valence-electron chi connectivity index (χ1n) is 5.92. The van der Waals surface area contributed by atoms with Crippen molar-refractivity contribution in [2.24, 2.45) is 0 Å². The van der Waals surface area contributed by atoms with Crippen LogP contribution in [0.3, 0.4) is 0 Å². The van der Waals surface area contributed by atoms with Gasteiger partial charge in [0.15, 0.2) is 0 Å². The Labute approximate surface area is 102 Å². The van der Waals surface area contributed by atoms with Crippen LogP contribution in [-0.2, 0) is 4.74 Å². The van der Waals surface area contributed by atoms with Crippen molar-refractivity contribution in [3.05, 3.63) is 42.1 Å². The summed E-state index contributed by atoms with van der Waals surface area (Å²) < 4.78 is 5.23. The topological polar surface area (TPSA) is 34.1 Å². The molecule has 90 valence electrons. The monoisotopic (exact) mass is 230 g/mol. The molecule has 1 unspecified atom stereocenters. The maximum absolute atomic E-state index is 5.23. The third-order valence-corrected chi connectivity index (χ3v) is 2.80. The lowest BCUT2D eigenvalue weighted by Gasteiger charge is -2.17. The Kier molecular flexibility index (Phi) is 4.07. The zero-order chi connectivity index (χ0) is 12.1. The molecule has 0 aliphatic heterocycles. The van der Waals surface area contributed by atoms with Crippen LogP contribution in [0.4, 0.5) is 0 Å². The summed E-state index contributed by atoms with van der Waals surface area (Å²) >= 11 is 0. The number of likely N-dealkylation sites (N-methyl/N-ethyl adjacent to an activating group) is 1. The number of aromatic nitrogens is 1. The van der Waals surface area contributed by atoms with E-state index in [9.17, 15) is 0 Å². The fourth-order valence-corrected chi connectivity index (χ4v) is 1.96. The fraction of sp³-hybridized carbons (Fsp3) is 0.357. The van der Waals surface area contributed by atoms with Gasteiger partial charge in [-0.05, 0) is 24.2 Å². The van der Waals surface area contributed by atoms with Crippen LogP contribution < -0.4 is 5.32 Å². The number of hydrogen-bond acceptors (Lipinski definition) is 3. The van der Waals surface area contributed by atoms with Gasteiger partial charge in [-0.25, -0.2) is 0 Å². The molecule has 0 amide bonds. The van der Waals surface area contributed by atoms with E-state index in [-0.39, 0.29) is 6.04 Å². The number of nitrogens with zero attached hydrogens (tertiary/aromatic N) is 1. The summed E-state index contributed by atoms with van der Waals surface area (Å²) in [6.07, 6.45) is 1.93. The van der Waals surface area contributed by atoms with Gasteiger partial charge >= 0.3 is 0 Å². The Balaban J connectivity index is 2.32. The minimum atomic E-state index is 0.210. The number of methoxy groups -OCH3 is 1. The van der Waals surface area contributed by atoms with Crippen molar-refractivity contribution in [3.8, 4) is 0 Å². The van der Waals surface area contributed by atoms with E-state index in [1.54, 1.807) is 7.11 Å². The second-order valence-corrected chi connectivity index (χ2v) is 4.03. The molecule has 0 aliphatic rings. The van der Waals surface area contributed by atoms with Crippen LogP contribution in [0.2, 0.25) is 0 Å². The predicted octanol–water partition coefficient (Wildman–Crippen LogP) is 2.53. The Morgan fingerprint density at radius 2 is 2.18 bits per heavy atom. The SMILES string of the molecule is CCNC(COC)c1cnc2ccccc2c1. The molecule has 0 saturated heterocycles. The second-order valence-electron chi connectivity index (χ2n) is 4.03. The molecular formula is C14H18N2O. The molecule has 17 heavy (non-hydrogen) atoms. The molecular weight excluding hydrogens is 212 g/mol. The van der Waals surface area contributed by atoms with Crippen molar-refractivity contribution >= 4 is 10.9 Å². The number of rotatable bonds is 5. The standard InChI is InChI=1S/C14H18N2O/c1-3-15-14(10-17-2)12-8-11-6-4-5-7-13(11)16-9-12/h4-9,14-15H,3,10H2,1-2H3. The maximum atomic E-state index is 5.23. The number of pyridine rings is 1. The van der Waals surface area contributed by atoms with Crippen molar-refractivity contribution < 1.29 is 4.74 Å². The summed E-state index contributed by atoms with van der Waals surface area (Å²) in [4.78, 5) is 4.47. The van der Waals surface area contributed by atoms with Gasteiger partial charge in [0, 0.05) is 18.7 Å². The Morgan fingerprint density at radius 3 is 2.94 bits per heavy atom. The van der Waals surface area contributed by atoms with Crippen LogP contribution in [0, 0.1) is 0 Å². The summed E-state index contributed by atoms with van der Waals surface area (Å²) in [5.74, 6) is 0. The van der Waals surface area contributed by atoms with Crippen LogP contribution >= 0.6 is 0 Å². The largest absolute Gasteiger partial charge is 0.383 e. The average Bonchev–Trinajstić information content (AvgIpc) is 2.38. The molecule has 2 aromatic rings. The molecule has 0 aliphatic carbocycles. The van der Waals surface area contributed by atoms with Gasteiger partial charge in [0.05, 0.1) is 18.2 Å². The summed E-state index contributed by atoms with van der Waals surface area (Å²) in [6.45, 7) is 3.67. The lowest BCUT2D eigenvalue weighted by molar-refractivity contribution is 0.167. The molecule has 2 rings (SSSR count).